The largest absolute Gasteiger partial charge is 0.493 e. The zero-order valence-electron chi connectivity index (χ0n) is 17.6. The Bertz CT molecular complexity index is 972. The van der Waals surface area contributed by atoms with Crippen molar-refractivity contribution in [2.24, 2.45) is 0 Å². The smallest absolute Gasteiger partial charge is 0.251 e. The van der Waals surface area contributed by atoms with E-state index >= 15 is 0 Å². The van der Waals surface area contributed by atoms with Gasteiger partial charge in [-0.05, 0) is 47.9 Å². The molecule has 1 amide bonds. The predicted molar refractivity (Wildman–Crippen MR) is 117 cm³/mol. The zero-order chi connectivity index (χ0) is 21.3. The molecule has 3 aromatic rings. The van der Waals surface area contributed by atoms with Crippen molar-refractivity contribution in [2.45, 2.75) is 26.0 Å². The summed E-state index contributed by atoms with van der Waals surface area (Å²) in [5, 5.41) is 3.10. The molecule has 0 saturated carbocycles. The van der Waals surface area contributed by atoms with Crippen LogP contribution in [0.25, 0.3) is 0 Å². The number of hydrogen-bond acceptors (Lipinski definition) is 4. The van der Waals surface area contributed by atoms with Crippen LogP contribution in [0.2, 0.25) is 0 Å². The third-order valence-corrected chi connectivity index (χ3v) is 4.87. The van der Waals surface area contributed by atoms with Crippen LogP contribution in [0.3, 0.4) is 0 Å². The van der Waals surface area contributed by atoms with Gasteiger partial charge < -0.3 is 19.5 Å². The second kappa shape index (κ2) is 10.3. The fourth-order valence-corrected chi connectivity index (χ4v) is 3.20. The second-order valence-corrected chi connectivity index (χ2v) is 6.85. The van der Waals surface area contributed by atoms with Gasteiger partial charge in [0.05, 0.1) is 20.3 Å². The molecule has 0 fully saturated rings. The van der Waals surface area contributed by atoms with Crippen LogP contribution in [-0.2, 0) is 6.61 Å². The fraction of sp³-hybridized carbons (Fsp3) is 0.240. The van der Waals surface area contributed by atoms with Gasteiger partial charge >= 0.3 is 0 Å². The molecule has 0 bridgehead atoms. The summed E-state index contributed by atoms with van der Waals surface area (Å²) in [5.74, 6) is 1.80. The molecule has 3 aromatic carbocycles. The van der Waals surface area contributed by atoms with E-state index in [1.165, 1.54) is 0 Å². The lowest BCUT2D eigenvalue weighted by molar-refractivity contribution is 0.0935. The number of nitrogens with one attached hydrogen (secondary N) is 1. The minimum Gasteiger partial charge on any atom is -0.493 e. The molecule has 5 nitrogen and oxygen atoms in total. The Balaban J connectivity index is 1.69. The number of rotatable bonds is 9. The first kappa shape index (κ1) is 21.2. The number of methoxy groups -OCH3 is 2. The van der Waals surface area contributed by atoms with Crippen molar-refractivity contribution in [3.63, 3.8) is 0 Å². The summed E-state index contributed by atoms with van der Waals surface area (Å²) in [4.78, 5) is 12.9. The molecule has 30 heavy (non-hydrogen) atoms. The maximum Gasteiger partial charge on any atom is 0.251 e. The lowest BCUT2D eigenvalue weighted by atomic mass is 10.0. The molecule has 0 unspecified atom stereocenters. The molecule has 1 atom stereocenters. The fourth-order valence-electron chi connectivity index (χ4n) is 3.20. The lowest BCUT2D eigenvalue weighted by Crippen LogP contribution is -2.28. The maximum atomic E-state index is 12.9. The van der Waals surface area contributed by atoms with Crippen molar-refractivity contribution < 1.29 is 19.0 Å². The molecule has 156 valence electrons. The average molecular weight is 405 g/mol. The number of ether oxygens (including phenoxy) is 3. The highest BCUT2D eigenvalue weighted by atomic mass is 16.5. The first-order valence-corrected chi connectivity index (χ1v) is 9.94. The second-order valence-electron chi connectivity index (χ2n) is 6.85. The SMILES string of the molecule is CC[C@@H](NC(=O)c1cccc(OCc2ccccc2)c1)c1ccc(OC)c(OC)c1. The van der Waals surface area contributed by atoms with E-state index in [0.717, 1.165) is 17.5 Å². The Morgan fingerprint density at radius 2 is 1.67 bits per heavy atom. The van der Waals surface area contributed by atoms with Crippen LogP contribution in [0, 0.1) is 0 Å². The molecule has 1 N–H and O–H groups in total. The van der Waals surface area contributed by atoms with Crippen LogP contribution in [0.5, 0.6) is 17.2 Å². The summed E-state index contributed by atoms with van der Waals surface area (Å²) < 4.78 is 16.5. The van der Waals surface area contributed by atoms with Crippen LogP contribution in [-0.4, -0.2) is 20.1 Å². The highest BCUT2D eigenvalue weighted by Gasteiger charge is 2.17. The van der Waals surface area contributed by atoms with E-state index in [9.17, 15) is 4.79 Å². The molecule has 0 radical (unpaired) electrons. The molecular formula is C25H27NO4. The number of amides is 1. The number of hydrogen-bond donors (Lipinski definition) is 1. The third kappa shape index (κ3) is 5.32. The van der Waals surface area contributed by atoms with Gasteiger partial charge in [0.15, 0.2) is 11.5 Å². The van der Waals surface area contributed by atoms with Crippen LogP contribution in [0.15, 0.2) is 72.8 Å². The Hall–Kier alpha value is -3.47. The molecular weight excluding hydrogens is 378 g/mol. The Kier molecular flexibility index (Phi) is 7.33. The molecule has 0 aromatic heterocycles. The topological polar surface area (TPSA) is 56.8 Å². The summed E-state index contributed by atoms with van der Waals surface area (Å²) >= 11 is 0. The van der Waals surface area contributed by atoms with E-state index in [-0.39, 0.29) is 11.9 Å². The van der Waals surface area contributed by atoms with Crippen LogP contribution >= 0.6 is 0 Å². The van der Waals surface area contributed by atoms with Crippen LogP contribution in [0.4, 0.5) is 0 Å². The molecule has 0 aliphatic rings. The van der Waals surface area contributed by atoms with Crippen molar-refractivity contribution in [1.82, 2.24) is 5.32 Å². The highest BCUT2D eigenvalue weighted by Crippen LogP contribution is 2.31. The molecule has 0 spiro atoms. The van der Waals surface area contributed by atoms with E-state index < -0.39 is 0 Å². The van der Waals surface area contributed by atoms with E-state index in [2.05, 4.69) is 5.32 Å². The third-order valence-electron chi connectivity index (χ3n) is 4.87. The first-order chi connectivity index (χ1) is 14.6. The van der Waals surface area contributed by atoms with E-state index in [1.807, 2.05) is 67.6 Å². The van der Waals surface area contributed by atoms with Gasteiger partial charge in [-0.25, -0.2) is 0 Å². The van der Waals surface area contributed by atoms with Crippen LogP contribution in [0.1, 0.15) is 40.9 Å². The van der Waals surface area contributed by atoms with E-state index in [4.69, 9.17) is 14.2 Å². The van der Waals surface area contributed by atoms with Crippen molar-refractivity contribution in [3.8, 4) is 17.2 Å². The summed E-state index contributed by atoms with van der Waals surface area (Å²) in [6.45, 7) is 2.48. The monoisotopic (exact) mass is 405 g/mol. The number of carbonyl (C=O) groups excluding carboxylic acids is 1. The van der Waals surface area contributed by atoms with Gasteiger partial charge in [0.1, 0.15) is 12.4 Å². The van der Waals surface area contributed by atoms with Gasteiger partial charge in [0, 0.05) is 5.56 Å². The van der Waals surface area contributed by atoms with Gasteiger partial charge in [0.25, 0.3) is 5.91 Å². The van der Waals surface area contributed by atoms with E-state index in [1.54, 1.807) is 26.4 Å². The number of carbonyl (C=O) groups is 1. The van der Waals surface area contributed by atoms with Crippen molar-refractivity contribution >= 4 is 5.91 Å². The van der Waals surface area contributed by atoms with Gasteiger partial charge in [-0.15, -0.1) is 0 Å². The van der Waals surface area contributed by atoms with Gasteiger partial charge in [0.2, 0.25) is 0 Å². The molecule has 0 aliphatic carbocycles. The molecule has 3 rings (SSSR count). The minimum atomic E-state index is -0.151. The standard InChI is InChI=1S/C25H27NO4/c1-4-22(19-13-14-23(28-2)24(16-19)29-3)26-25(27)20-11-8-12-21(15-20)30-17-18-9-6-5-7-10-18/h5-16,22H,4,17H2,1-3H3,(H,26,27)/t22-/m1/s1. The summed E-state index contributed by atoms with van der Waals surface area (Å²) in [5.41, 5.74) is 2.59. The lowest BCUT2D eigenvalue weighted by Gasteiger charge is -2.19. The van der Waals surface area contributed by atoms with Gasteiger partial charge in [-0.1, -0.05) is 49.4 Å². The quantitative estimate of drug-likeness (QED) is 0.534. The molecule has 0 aliphatic heterocycles. The van der Waals surface area contributed by atoms with Gasteiger partial charge in [-0.3, -0.25) is 4.79 Å². The molecule has 0 heterocycles. The summed E-state index contributed by atoms with van der Waals surface area (Å²) in [6.07, 6.45) is 0.741. The zero-order valence-corrected chi connectivity index (χ0v) is 17.6. The highest BCUT2D eigenvalue weighted by molar-refractivity contribution is 5.94. The Morgan fingerprint density at radius 3 is 2.37 bits per heavy atom. The molecule has 0 saturated heterocycles. The minimum absolute atomic E-state index is 0.147. The predicted octanol–water partition coefficient (Wildman–Crippen LogP) is 5.16. The first-order valence-electron chi connectivity index (χ1n) is 9.94. The van der Waals surface area contributed by atoms with Crippen molar-refractivity contribution in [3.05, 3.63) is 89.5 Å². The van der Waals surface area contributed by atoms with E-state index in [0.29, 0.717) is 29.4 Å². The van der Waals surface area contributed by atoms with Crippen molar-refractivity contribution in [2.75, 3.05) is 14.2 Å². The molecule has 5 heteroatoms. The number of benzene rings is 3. The summed E-state index contributed by atoms with van der Waals surface area (Å²) in [7, 11) is 3.20. The van der Waals surface area contributed by atoms with Gasteiger partial charge in [-0.2, -0.15) is 0 Å². The Morgan fingerprint density at radius 1 is 0.900 bits per heavy atom. The average Bonchev–Trinajstić information content (AvgIpc) is 2.81. The Labute approximate surface area is 177 Å². The van der Waals surface area contributed by atoms with Crippen LogP contribution < -0.4 is 19.5 Å². The summed E-state index contributed by atoms with van der Waals surface area (Å²) in [6, 6.07) is 22.7. The normalized spacial score (nSPS) is 11.4. The maximum absolute atomic E-state index is 12.9. The van der Waals surface area contributed by atoms with Crippen molar-refractivity contribution in [1.29, 1.82) is 0 Å².